The molecule has 2 aromatic rings. The second-order valence-corrected chi connectivity index (χ2v) is 5.02. The maximum Gasteiger partial charge on any atom is 0.202 e. The van der Waals surface area contributed by atoms with Crippen LogP contribution < -0.4 is 5.32 Å². The molecule has 0 bridgehead atoms. The van der Waals surface area contributed by atoms with E-state index in [4.69, 9.17) is 0 Å². The molecule has 2 rings (SSSR count). The standard InChI is InChI=1S/C11H12BrN3S/c1-2-13-11-14-10(15-16-11)7-8-3-5-9(12)6-4-8/h3-6H,2,7H2,1H3,(H,13,14,15). The first-order chi connectivity index (χ1) is 7.78. The van der Waals surface area contributed by atoms with Crippen molar-refractivity contribution in [1.82, 2.24) is 9.36 Å². The predicted molar refractivity (Wildman–Crippen MR) is 71.0 cm³/mol. The topological polar surface area (TPSA) is 37.8 Å². The summed E-state index contributed by atoms with van der Waals surface area (Å²) in [4.78, 5) is 4.40. The number of hydrogen-bond donors (Lipinski definition) is 1. The lowest BCUT2D eigenvalue weighted by molar-refractivity contribution is 1.03. The minimum atomic E-state index is 0.787. The van der Waals surface area contributed by atoms with Crippen LogP contribution >= 0.6 is 27.5 Å². The van der Waals surface area contributed by atoms with Gasteiger partial charge in [-0.05, 0) is 24.6 Å². The summed E-state index contributed by atoms with van der Waals surface area (Å²) in [5.41, 5.74) is 1.23. The molecule has 5 heteroatoms. The van der Waals surface area contributed by atoms with Gasteiger partial charge in [0.15, 0.2) is 0 Å². The SMILES string of the molecule is CCNc1nc(Cc2ccc(Br)cc2)ns1. The monoisotopic (exact) mass is 297 g/mol. The van der Waals surface area contributed by atoms with Crippen LogP contribution in [0.4, 0.5) is 5.13 Å². The van der Waals surface area contributed by atoms with Crippen LogP contribution in [0, 0.1) is 0 Å². The molecule has 3 nitrogen and oxygen atoms in total. The smallest absolute Gasteiger partial charge is 0.202 e. The van der Waals surface area contributed by atoms with Gasteiger partial charge in [-0.3, -0.25) is 0 Å². The van der Waals surface area contributed by atoms with Crippen molar-refractivity contribution in [1.29, 1.82) is 0 Å². The molecule has 0 saturated heterocycles. The quantitative estimate of drug-likeness (QED) is 0.941. The van der Waals surface area contributed by atoms with Crippen molar-refractivity contribution in [3.8, 4) is 0 Å². The van der Waals surface area contributed by atoms with Gasteiger partial charge >= 0.3 is 0 Å². The molecule has 1 aromatic carbocycles. The molecule has 0 aliphatic carbocycles. The fraction of sp³-hybridized carbons (Fsp3) is 0.273. The molecule has 0 aliphatic heterocycles. The van der Waals surface area contributed by atoms with Gasteiger partial charge in [0.25, 0.3) is 0 Å². The fourth-order valence-corrected chi connectivity index (χ4v) is 2.25. The zero-order valence-electron chi connectivity index (χ0n) is 8.90. The lowest BCUT2D eigenvalue weighted by atomic mass is 10.1. The summed E-state index contributed by atoms with van der Waals surface area (Å²) in [6, 6.07) is 8.23. The highest BCUT2D eigenvalue weighted by atomic mass is 79.9. The van der Waals surface area contributed by atoms with Gasteiger partial charge in [0, 0.05) is 29.0 Å². The predicted octanol–water partition coefficient (Wildman–Crippen LogP) is 3.32. The van der Waals surface area contributed by atoms with E-state index in [2.05, 4.69) is 49.7 Å². The van der Waals surface area contributed by atoms with E-state index in [9.17, 15) is 0 Å². The maximum atomic E-state index is 4.40. The molecular formula is C11H12BrN3S. The Morgan fingerprint density at radius 2 is 2.06 bits per heavy atom. The minimum Gasteiger partial charge on any atom is -0.361 e. The van der Waals surface area contributed by atoms with Crippen LogP contribution in [0.25, 0.3) is 0 Å². The van der Waals surface area contributed by atoms with Crippen molar-refractivity contribution in [2.45, 2.75) is 13.3 Å². The molecule has 0 radical (unpaired) electrons. The lowest BCUT2D eigenvalue weighted by Gasteiger charge is -1.97. The number of nitrogens with one attached hydrogen (secondary N) is 1. The summed E-state index contributed by atoms with van der Waals surface area (Å²) < 4.78 is 5.40. The van der Waals surface area contributed by atoms with Gasteiger partial charge in [-0.25, -0.2) is 4.98 Å². The molecule has 1 heterocycles. The zero-order valence-corrected chi connectivity index (χ0v) is 11.3. The van der Waals surface area contributed by atoms with Gasteiger partial charge in [-0.15, -0.1) is 0 Å². The van der Waals surface area contributed by atoms with Crippen LogP contribution in [0.5, 0.6) is 0 Å². The molecule has 0 amide bonds. The number of aromatic nitrogens is 2. The Kier molecular flexibility index (Phi) is 3.90. The Bertz CT molecular complexity index is 453. The van der Waals surface area contributed by atoms with Crippen LogP contribution in [-0.4, -0.2) is 15.9 Å². The number of nitrogens with zero attached hydrogens (tertiary/aromatic N) is 2. The first-order valence-electron chi connectivity index (χ1n) is 5.09. The normalized spacial score (nSPS) is 10.4. The van der Waals surface area contributed by atoms with Crippen molar-refractivity contribution in [2.24, 2.45) is 0 Å². The summed E-state index contributed by atoms with van der Waals surface area (Å²) in [6.45, 7) is 2.93. The van der Waals surface area contributed by atoms with Crippen molar-refractivity contribution >= 4 is 32.6 Å². The second-order valence-electron chi connectivity index (χ2n) is 3.35. The van der Waals surface area contributed by atoms with Crippen LogP contribution in [0.1, 0.15) is 18.3 Å². The highest BCUT2D eigenvalue weighted by molar-refractivity contribution is 9.10. The molecule has 0 atom stereocenters. The molecule has 0 fully saturated rings. The summed E-state index contributed by atoms with van der Waals surface area (Å²) in [7, 11) is 0. The molecule has 1 N–H and O–H groups in total. The Labute approximate surface area is 107 Å². The third-order valence-electron chi connectivity index (χ3n) is 2.07. The second kappa shape index (κ2) is 5.41. The fourth-order valence-electron chi connectivity index (χ4n) is 1.33. The molecule has 1 aromatic heterocycles. The van der Waals surface area contributed by atoms with Gasteiger partial charge in [-0.2, -0.15) is 4.37 Å². The van der Waals surface area contributed by atoms with E-state index in [0.717, 1.165) is 28.4 Å². The summed E-state index contributed by atoms with van der Waals surface area (Å²) in [6.07, 6.45) is 0.787. The van der Waals surface area contributed by atoms with Gasteiger partial charge in [0.1, 0.15) is 5.82 Å². The number of anilines is 1. The zero-order chi connectivity index (χ0) is 11.4. The Morgan fingerprint density at radius 1 is 1.31 bits per heavy atom. The van der Waals surface area contributed by atoms with E-state index >= 15 is 0 Å². The number of rotatable bonds is 4. The van der Waals surface area contributed by atoms with Gasteiger partial charge < -0.3 is 5.32 Å². The highest BCUT2D eigenvalue weighted by Gasteiger charge is 2.03. The first kappa shape index (κ1) is 11.5. The Hall–Kier alpha value is -0.940. The number of benzene rings is 1. The van der Waals surface area contributed by atoms with Gasteiger partial charge in [0.05, 0.1) is 0 Å². The van der Waals surface area contributed by atoms with E-state index in [-0.39, 0.29) is 0 Å². The average molecular weight is 298 g/mol. The Balaban J connectivity index is 2.05. The molecule has 0 saturated carbocycles. The van der Waals surface area contributed by atoms with Gasteiger partial charge in [0.2, 0.25) is 5.13 Å². The van der Waals surface area contributed by atoms with Crippen LogP contribution in [0.15, 0.2) is 28.7 Å². The van der Waals surface area contributed by atoms with Crippen molar-refractivity contribution in [3.63, 3.8) is 0 Å². The van der Waals surface area contributed by atoms with E-state index in [1.807, 2.05) is 12.1 Å². The molecule has 16 heavy (non-hydrogen) atoms. The number of hydrogen-bond acceptors (Lipinski definition) is 4. The highest BCUT2D eigenvalue weighted by Crippen LogP contribution is 2.16. The van der Waals surface area contributed by atoms with Crippen molar-refractivity contribution < 1.29 is 0 Å². The molecular weight excluding hydrogens is 286 g/mol. The van der Waals surface area contributed by atoms with Gasteiger partial charge in [-0.1, -0.05) is 28.1 Å². The molecule has 84 valence electrons. The van der Waals surface area contributed by atoms with Crippen molar-refractivity contribution in [2.75, 3.05) is 11.9 Å². The van der Waals surface area contributed by atoms with Crippen LogP contribution in [0.2, 0.25) is 0 Å². The summed E-state index contributed by atoms with van der Waals surface area (Å²) in [5.74, 6) is 0.878. The molecule has 0 spiro atoms. The Morgan fingerprint density at radius 3 is 2.75 bits per heavy atom. The largest absolute Gasteiger partial charge is 0.361 e. The molecule has 0 aliphatic rings. The van der Waals surface area contributed by atoms with E-state index in [1.165, 1.54) is 17.1 Å². The van der Waals surface area contributed by atoms with E-state index in [0.29, 0.717) is 0 Å². The maximum absolute atomic E-state index is 4.40. The van der Waals surface area contributed by atoms with Crippen molar-refractivity contribution in [3.05, 3.63) is 40.1 Å². The van der Waals surface area contributed by atoms with E-state index in [1.54, 1.807) is 0 Å². The number of halogens is 1. The first-order valence-corrected chi connectivity index (χ1v) is 6.65. The van der Waals surface area contributed by atoms with E-state index < -0.39 is 0 Å². The van der Waals surface area contributed by atoms with Crippen LogP contribution in [-0.2, 0) is 6.42 Å². The lowest BCUT2D eigenvalue weighted by Crippen LogP contribution is -1.96. The summed E-state index contributed by atoms with van der Waals surface area (Å²) in [5, 5.41) is 4.06. The third kappa shape index (κ3) is 3.02. The average Bonchev–Trinajstić information content (AvgIpc) is 2.70. The minimum absolute atomic E-state index is 0.787. The summed E-state index contributed by atoms with van der Waals surface area (Å²) >= 11 is 4.83. The molecule has 0 unspecified atom stereocenters. The third-order valence-corrected chi connectivity index (χ3v) is 3.31. The van der Waals surface area contributed by atoms with Crippen LogP contribution in [0.3, 0.4) is 0 Å².